The topological polar surface area (TPSA) is 38.4 Å². The van der Waals surface area contributed by atoms with Crippen molar-refractivity contribution in [2.45, 2.75) is 20.8 Å². The van der Waals surface area contributed by atoms with E-state index in [0.29, 0.717) is 11.6 Å². The largest absolute Gasteiger partial charge is 0.399 e. The molecule has 0 spiro atoms. The molecule has 2 nitrogen and oxygen atoms in total. The fourth-order valence-corrected chi connectivity index (χ4v) is 0.400. The number of nitrogens with two attached hydrogens (primary N) is 1. The van der Waals surface area contributed by atoms with Crippen LogP contribution in [0, 0.1) is 5.92 Å². The highest BCUT2D eigenvalue weighted by Gasteiger charge is 1.93. The summed E-state index contributed by atoms with van der Waals surface area (Å²) in [5, 5.41) is 0. The molecule has 0 saturated heterocycles. The molecular formula is C9H16N2. The van der Waals surface area contributed by atoms with Gasteiger partial charge in [0.2, 0.25) is 0 Å². The normalized spacial score (nSPS) is 12.9. The van der Waals surface area contributed by atoms with Crippen LogP contribution in [0.25, 0.3) is 0 Å². The van der Waals surface area contributed by atoms with E-state index in [-0.39, 0.29) is 0 Å². The molecule has 0 bridgehead atoms. The van der Waals surface area contributed by atoms with Crippen molar-refractivity contribution in [3.05, 3.63) is 24.6 Å². The minimum atomic E-state index is 0.491. The molecule has 2 heteroatoms. The lowest BCUT2D eigenvalue weighted by atomic mass is 10.1. The van der Waals surface area contributed by atoms with E-state index in [4.69, 9.17) is 5.73 Å². The molecule has 0 aromatic carbocycles. The maximum absolute atomic E-state index is 5.30. The molecule has 0 aromatic heterocycles. The summed E-state index contributed by atoms with van der Waals surface area (Å²) >= 11 is 0. The molecule has 0 fully saturated rings. The molecule has 0 rings (SSSR count). The number of nitrogens with zero attached hydrogens (tertiary/aromatic N) is 1. The standard InChI is InChI=1S/C9H16N2/c1-7(2)9(4)11-6-5-8(3)10/h5-7H,3,10H2,1-2,4H3/b6-5-,11-9?. The second-order valence-electron chi connectivity index (χ2n) is 2.82. The van der Waals surface area contributed by atoms with Gasteiger partial charge in [0.25, 0.3) is 0 Å². The van der Waals surface area contributed by atoms with Crippen LogP contribution in [0.2, 0.25) is 0 Å². The third kappa shape index (κ3) is 5.40. The zero-order valence-electron chi connectivity index (χ0n) is 7.46. The highest BCUT2D eigenvalue weighted by atomic mass is 14.7. The molecule has 0 aliphatic carbocycles. The average molecular weight is 152 g/mol. The Morgan fingerprint density at radius 3 is 2.45 bits per heavy atom. The summed E-state index contributed by atoms with van der Waals surface area (Å²) in [6.45, 7) is 9.72. The van der Waals surface area contributed by atoms with Gasteiger partial charge in [0.15, 0.2) is 0 Å². The van der Waals surface area contributed by atoms with Crippen molar-refractivity contribution >= 4 is 5.71 Å². The van der Waals surface area contributed by atoms with Crippen LogP contribution < -0.4 is 5.73 Å². The molecule has 0 saturated carbocycles. The summed E-state index contributed by atoms with van der Waals surface area (Å²) in [5.41, 5.74) is 6.94. The van der Waals surface area contributed by atoms with Crippen LogP contribution >= 0.6 is 0 Å². The van der Waals surface area contributed by atoms with Crippen molar-refractivity contribution in [1.82, 2.24) is 0 Å². The van der Waals surface area contributed by atoms with Gasteiger partial charge in [-0.25, -0.2) is 0 Å². The Morgan fingerprint density at radius 1 is 1.55 bits per heavy atom. The first kappa shape index (κ1) is 9.95. The van der Waals surface area contributed by atoms with Crippen LogP contribution in [0.3, 0.4) is 0 Å². The van der Waals surface area contributed by atoms with E-state index in [0.717, 1.165) is 5.71 Å². The lowest BCUT2D eigenvalue weighted by Gasteiger charge is -1.99. The first-order chi connectivity index (χ1) is 5.04. The van der Waals surface area contributed by atoms with Gasteiger partial charge in [-0.1, -0.05) is 20.4 Å². The number of allylic oxidation sites excluding steroid dienone is 1. The lowest BCUT2D eigenvalue weighted by Crippen LogP contribution is -2.00. The molecule has 0 aromatic rings. The van der Waals surface area contributed by atoms with Crippen LogP contribution in [0.15, 0.2) is 29.5 Å². The molecule has 62 valence electrons. The SMILES string of the molecule is C=C(N)/C=C\N=C(C)C(C)C. The second kappa shape index (κ2) is 4.72. The Morgan fingerprint density at radius 2 is 2.09 bits per heavy atom. The number of hydrogen-bond acceptors (Lipinski definition) is 2. The Kier molecular flexibility index (Phi) is 4.27. The van der Waals surface area contributed by atoms with Crippen molar-refractivity contribution in [3.8, 4) is 0 Å². The van der Waals surface area contributed by atoms with Gasteiger partial charge in [-0.15, -0.1) is 0 Å². The van der Waals surface area contributed by atoms with Crippen LogP contribution in [0.5, 0.6) is 0 Å². The molecule has 0 unspecified atom stereocenters. The van der Waals surface area contributed by atoms with Crippen molar-refractivity contribution in [2.24, 2.45) is 16.6 Å². The van der Waals surface area contributed by atoms with Gasteiger partial charge >= 0.3 is 0 Å². The van der Waals surface area contributed by atoms with E-state index < -0.39 is 0 Å². The Hall–Kier alpha value is -1.05. The van der Waals surface area contributed by atoms with Gasteiger partial charge in [-0.3, -0.25) is 4.99 Å². The van der Waals surface area contributed by atoms with Gasteiger partial charge in [0.05, 0.1) is 0 Å². The van der Waals surface area contributed by atoms with Gasteiger partial charge < -0.3 is 5.73 Å². The molecule has 2 N–H and O–H groups in total. The monoisotopic (exact) mass is 152 g/mol. The number of rotatable bonds is 3. The first-order valence-electron chi connectivity index (χ1n) is 3.69. The molecule has 11 heavy (non-hydrogen) atoms. The minimum Gasteiger partial charge on any atom is -0.399 e. The highest BCUT2D eigenvalue weighted by molar-refractivity contribution is 5.84. The van der Waals surface area contributed by atoms with E-state index >= 15 is 0 Å². The van der Waals surface area contributed by atoms with Crippen LogP contribution in [-0.2, 0) is 0 Å². The van der Waals surface area contributed by atoms with Crippen molar-refractivity contribution in [1.29, 1.82) is 0 Å². The zero-order chi connectivity index (χ0) is 8.85. The Bertz CT molecular complexity index is 188. The Labute approximate surface area is 68.5 Å². The van der Waals surface area contributed by atoms with E-state index in [1.807, 2.05) is 6.92 Å². The van der Waals surface area contributed by atoms with E-state index in [1.165, 1.54) is 0 Å². The summed E-state index contributed by atoms with van der Waals surface area (Å²) in [4.78, 5) is 4.16. The minimum absolute atomic E-state index is 0.491. The van der Waals surface area contributed by atoms with E-state index in [9.17, 15) is 0 Å². The summed E-state index contributed by atoms with van der Waals surface area (Å²) in [7, 11) is 0. The molecule has 0 aliphatic heterocycles. The lowest BCUT2D eigenvalue weighted by molar-refractivity contribution is 0.878. The van der Waals surface area contributed by atoms with Crippen molar-refractivity contribution in [2.75, 3.05) is 0 Å². The van der Waals surface area contributed by atoms with Gasteiger partial charge in [-0.2, -0.15) is 0 Å². The molecule has 0 heterocycles. The van der Waals surface area contributed by atoms with Crippen LogP contribution in [0.4, 0.5) is 0 Å². The predicted molar refractivity (Wildman–Crippen MR) is 50.4 cm³/mol. The molecule has 0 atom stereocenters. The Balaban J connectivity index is 4.01. The van der Waals surface area contributed by atoms with Gasteiger partial charge in [0, 0.05) is 17.6 Å². The van der Waals surface area contributed by atoms with Gasteiger partial charge in [0.1, 0.15) is 0 Å². The van der Waals surface area contributed by atoms with Crippen molar-refractivity contribution in [3.63, 3.8) is 0 Å². The third-order valence-corrected chi connectivity index (χ3v) is 1.40. The fourth-order valence-electron chi connectivity index (χ4n) is 0.400. The smallest absolute Gasteiger partial charge is 0.0287 e. The first-order valence-corrected chi connectivity index (χ1v) is 3.69. The average Bonchev–Trinajstić information content (AvgIpc) is 1.86. The quantitative estimate of drug-likeness (QED) is 0.488. The summed E-state index contributed by atoms with van der Waals surface area (Å²) in [6, 6.07) is 0. The van der Waals surface area contributed by atoms with Gasteiger partial charge in [-0.05, 0) is 18.9 Å². The molecular weight excluding hydrogens is 136 g/mol. The maximum Gasteiger partial charge on any atom is 0.0287 e. The fraction of sp³-hybridized carbons (Fsp3) is 0.444. The second-order valence-corrected chi connectivity index (χ2v) is 2.82. The zero-order valence-corrected chi connectivity index (χ0v) is 7.46. The van der Waals surface area contributed by atoms with Crippen LogP contribution in [0.1, 0.15) is 20.8 Å². The summed E-state index contributed by atoms with van der Waals surface area (Å²) in [6.07, 6.45) is 3.36. The van der Waals surface area contributed by atoms with E-state index in [1.54, 1.807) is 12.3 Å². The highest BCUT2D eigenvalue weighted by Crippen LogP contribution is 1.96. The van der Waals surface area contributed by atoms with Crippen LogP contribution in [-0.4, -0.2) is 5.71 Å². The molecule has 0 aliphatic rings. The van der Waals surface area contributed by atoms with E-state index in [2.05, 4.69) is 25.4 Å². The number of aliphatic imine (C=N–C) groups is 1. The predicted octanol–water partition coefficient (Wildman–Crippen LogP) is 2.09. The molecule has 0 amide bonds. The number of hydrogen-bond donors (Lipinski definition) is 1. The van der Waals surface area contributed by atoms with Crippen molar-refractivity contribution < 1.29 is 0 Å². The molecule has 0 radical (unpaired) electrons. The summed E-state index contributed by atoms with van der Waals surface area (Å²) in [5.74, 6) is 0.491. The summed E-state index contributed by atoms with van der Waals surface area (Å²) < 4.78 is 0. The maximum atomic E-state index is 5.30. The third-order valence-electron chi connectivity index (χ3n) is 1.40.